The van der Waals surface area contributed by atoms with Crippen molar-refractivity contribution >= 4 is 5.91 Å². The standard InChI is InChI=1S/C14H28N4O/c1-17-7-8-18(2)12(10-17)9-16-13(19)14(11-15)5-3-4-6-14/h12H,3-11,15H2,1-2H3,(H,16,19). The van der Waals surface area contributed by atoms with Crippen LogP contribution < -0.4 is 11.1 Å². The lowest BCUT2D eigenvalue weighted by molar-refractivity contribution is -0.130. The molecule has 0 aromatic heterocycles. The highest BCUT2D eigenvalue weighted by Gasteiger charge is 2.40. The van der Waals surface area contributed by atoms with Crippen molar-refractivity contribution in [1.29, 1.82) is 0 Å². The Hall–Kier alpha value is -0.650. The lowest BCUT2D eigenvalue weighted by Crippen LogP contribution is -2.56. The second-order valence-corrected chi connectivity index (χ2v) is 6.30. The Bertz CT molecular complexity index is 315. The summed E-state index contributed by atoms with van der Waals surface area (Å²) in [5.74, 6) is 0.175. The summed E-state index contributed by atoms with van der Waals surface area (Å²) in [7, 11) is 4.28. The highest BCUT2D eigenvalue weighted by Crippen LogP contribution is 2.37. The molecule has 1 saturated heterocycles. The fourth-order valence-corrected chi connectivity index (χ4v) is 3.30. The first-order valence-corrected chi connectivity index (χ1v) is 7.44. The molecule has 3 N–H and O–H groups in total. The van der Waals surface area contributed by atoms with E-state index in [1.807, 2.05) is 0 Å². The van der Waals surface area contributed by atoms with Crippen LogP contribution in [-0.4, -0.2) is 68.6 Å². The van der Waals surface area contributed by atoms with Crippen LogP contribution in [-0.2, 0) is 4.79 Å². The van der Waals surface area contributed by atoms with E-state index in [1.54, 1.807) is 0 Å². The second-order valence-electron chi connectivity index (χ2n) is 6.30. The zero-order chi connectivity index (χ0) is 13.9. The van der Waals surface area contributed by atoms with E-state index in [0.717, 1.165) is 51.9 Å². The van der Waals surface area contributed by atoms with Gasteiger partial charge in [-0.1, -0.05) is 12.8 Å². The Morgan fingerprint density at radius 2 is 2.00 bits per heavy atom. The van der Waals surface area contributed by atoms with E-state index in [9.17, 15) is 4.79 Å². The van der Waals surface area contributed by atoms with Gasteiger partial charge in [0.15, 0.2) is 0 Å². The SMILES string of the molecule is CN1CCN(C)C(CNC(=O)C2(CN)CCCC2)C1. The monoisotopic (exact) mass is 268 g/mol. The van der Waals surface area contributed by atoms with Crippen LogP contribution in [0, 0.1) is 5.41 Å². The zero-order valence-corrected chi connectivity index (χ0v) is 12.3. The molecule has 0 radical (unpaired) electrons. The number of carbonyl (C=O) groups is 1. The summed E-state index contributed by atoms with van der Waals surface area (Å²) in [5, 5.41) is 3.15. The van der Waals surface area contributed by atoms with Gasteiger partial charge in [-0.15, -0.1) is 0 Å². The molecule has 19 heavy (non-hydrogen) atoms. The van der Waals surface area contributed by atoms with Gasteiger partial charge in [0.25, 0.3) is 0 Å². The molecule has 1 saturated carbocycles. The number of hydrogen-bond acceptors (Lipinski definition) is 4. The van der Waals surface area contributed by atoms with Gasteiger partial charge in [-0.3, -0.25) is 9.69 Å². The highest BCUT2D eigenvalue weighted by atomic mass is 16.2. The molecule has 1 aliphatic heterocycles. The Balaban J connectivity index is 1.85. The van der Waals surface area contributed by atoms with E-state index in [0.29, 0.717) is 12.6 Å². The van der Waals surface area contributed by atoms with Gasteiger partial charge in [0.1, 0.15) is 0 Å². The molecule has 0 spiro atoms. The van der Waals surface area contributed by atoms with Crippen LogP contribution in [0.4, 0.5) is 0 Å². The number of hydrogen-bond donors (Lipinski definition) is 2. The molecular formula is C14H28N4O. The topological polar surface area (TPSA) is 61.6 Å². The van der Waals surface area contributed by atoms with Gasteiger partial charge < -0.3 is 16.0 Å². The average Bonchev–Trinajstić information content (AvgIpc) is 2.89. The van der Waals surface area contributed by atoms with Gasteiger partial charge in [0.05, 0.1) is 5.41 Å². The zero-order valence-electron chi connectivity index (χ0n) is 12.3. The summed E-state index contributed by atoms with van der Waals surface area (Å²) in [6, 6.07) is 0.416. The molecule has 0 aromatic rings. The van der Waals surface area contributed by atoms with Crippen molar-refractivity contribution in [3.05, 3.63) is 0 Å². The summed E-state index contributed by atoms with van der Waals surface area (Å²) in [5.41, 5.74) is 5.57. The normalized spacial score (nSPS) is 28.5. The minimum atomic E-state index is -0.279. The van der Waals surface area contributed by atoms with Crippen molar-refractivity contribution < 1.29 is 4.79 Å². The van der Waals surface area contributed by atoms with Gasteiger partial charge >= 0.3 is 0 Å². The molecule has 5 heteroatoms. The molecule has 1 aliphatic carbocycles. The first kappa shape index (κ1) is 14.8. The molecular weight excluding hydrogens is 240 g/mol. The Kier molecular flexibility index (Phi) is 4.81. The van der Waals surface area contributed by atoms with Gasteiger partial charge in [-0.2, -0.15) is 0 Å². The van der Waals surface area contributed by atoms with Crippen LogP contribution in [0.5, 0.6) is 0 Å². The minimum Gasteiger partial charge on any atom is -0.354 e. The van der Waals surface area contributed by atoms with E-state index >= 15 is 0 Å². The van der Waals surface area contributed by atoms with Gasteiger partial charge in [0, 0.05) is 38.8 Å². The smallest absolute Gasteiger partial charge is 0.227 e. The number of nitrogens with zero attached hydrogens (tertiary/aromatic N) is 2. The number of rotatable bonds is 4. The molecule has 110 valence electrons. The summed E-state index contributed by atoms with van der Waals surface area (Å²) in [6.45, 7) is 4.42. The quantitative estimate of drug-likeness (QED) is 0.745. The molecule has 2 rings (SSSR count). The van der Waals surface area contributed by atoms with Crippen LogP contribution in [0.15, 0.2) is 0 Å². The Morgan fingerprint density at radius 1 is 1.32 bits per heavy atom. The third-order valence-corrected chi connectivity index (χ3v) is 4.91. The number of likely N-dealkylation sites (N-methyl/N-ethyl adjacent to an activating group) is 2. The van der Waals surface area contributed by atoms with E-state index in [-0.39, 0.29) is 11.3 Å². The van der Waals surface area contributed by atoms with Crippen LogP contribution in [0.3, 0.4) is 0 Å². The predicted molar refractivity (Wildman–Crippen MR) is 76.9 cm³/mol. The van der Waals surface area contributed by atoms with E-state index < -0.39 is 0 Å². The second kappa shape index (κ2) is 6.20. The highest BCUT2D eigenvalue weighted by molar-refractivity contribution is 5.83. The number of amides is 1. The van der Waals surface area contributed by atoms with Gasteiger partial charge in [0.2, 0.25) is 5.91 Å². The molecule has 0 bridgehead atoms. The summed E-state index contributed by atoms with van der Waals surface area (Å²) in [4.78, 5) is 17.1. The van der Waals surface area contributed by atoms with E-state index in [4.69, 9.17) is 5.73 Å². The molecule has 1 unspecified atom stereocenters. The molecule has 0 aromatic carbocycles. The third-order valence-electron chi connectivity index (χ3n) is 4.91. The minimum absolute atomic E-state index is 0.175. The van der Waals surface area contributed by atoms with Gasteiger partial charge in [-0.25, -0.2) is 0 Å². The molecule has 1 atom stereocenters. The summed E-state index contributed by atoms with van der Waals surface area (Å²) >= 11 is 0. The van der Waals surface area contributed by atoms with Crippen molar-refractivity contribution in [3.63, 3.8) is 0 Å². The van der Waals surface area contributed by atoms with Crippen LogP contribution in [0.1, 0.15) is 25.7 Å². The summed E-state index contributed by atoms with van der Waals surface area (Å²) in [6.07, 6.45) is 4.18. The van der Waals surface area contributed by atoms with E-state index in [1.165, 1.54) is 0 Å². The summed E-state index contributed by atoms with van der Waals surface area (Å²) < 4.78 is 0. The van der Waals surface area contributed by atoms with Crippen molar-refractivity contribution in [2.45, 2.75) is 31.7 Å². The maximum absolute atomic E-state index is 12.4. The van der Waals surface area contributed by atoms with Crippen molar-refractivity contribution in [3.8, 4) is 0 Å². The molecule has 2 fully saturated rings. The lowest BCUT2D eigenvalue weighted by Gasteiger charge is -2.38. The van der Waals surface area contributed by atoms with Crippen LogP contribution >= 0.6 is 0 Å². The number of piperazine rings is 1. The molecule has 1 amide bonds. The average molecular weight is 268 g/mol. The molecule has 1 heterocycles. The molecule has 5 nitrogen and oxygen atoms in total. The lowest BCUT2D eigenvalue weighted by atomic mass is 9.85. The van der Waals surface area contributed by atoms with Crippen molar-refractivity contribution in [1.82, 2.24) is 15.1 Å². The van der Waals surface area contributed by atoms with Crippen molar-refractivity contribution in [2.24, 2.45) is 11.1 Å². The first-order valence-electron chi connectivity index (χ1n) is 7.44. The maximum Gasteiger partial charge on any atom is 0.227 e. The molecule has 2 aliphatic rings. The number of nitrogens with two attached hydrogens (primary N) is 1. The first-order chi connectivity index (χ1) is 9.07. The van der Waals surface area contributed by atoms with Crippen LogP contribution in [0.25, 0.3) is 0 Å². The fourth-order valence-electron chi connectivity index (χ4n) is 3.30. The Morgan fingerprint density at radius 3 is 2.63 bits per heavy atom. The van der Waals surface area contributed by atoms with Crippen molar-refractivity contribution in [2.75, 3.05) is 46.8 Å². The van der Waals surface area contributed by atoms with E-state index in [2.05, 4.69) is 29.2 Å². The predicted octanol–water partition coefficient (Wildman–Crippen LogP) is -0.132. The van der Waals surface area contributed by atoms with Crippen LogP contribution in [0.2, 0.25) is 0 Å². The fraction of sp³-hybridized carbons (Fsp3) is 0.929. The number of carbonyl (C=O) groups excluding carboxylic acids is 1. The maximum atomic E-state index is 12.4. The van der Waals surface area contributed by atoms with Gasteiger partial charge in [-0.05, 0) is 26.9 Å². The largest absolute Gasteiger partial charge is 0.354 e. The Labute approximate surface area is 116 Å². The number of nitrogens with one attached hydrogen (secondary N) is 1. The third kappa shape index (κ3) is 3.27.